The molecule has 0 bridgehead atoms. The molecule has 124 valence electrons. The van der Waals surface area contributed by atoms with Gasteiger partial charge in [-0.05, 0) is 31.4 Å². The van der Waals surface area contributed by atoms with E-state index in [0.717, 1.165) is 41.6 Å². The van der Waals surface area contributed by atoms with Gasteiger partial charge in [-0.15, -0.1) is 11.3 Å². The van der Waals surface area contributed by atoms with E-state index < -0.39 is 0 Å². The highest BCUT2D eigenvalue weighted by Gasteiger charge is 2.21. The lowest BCUT2D eigenvalue weighted by molar-refractivity contribution is 0.0938. The molecule has 0 atom stereocenters. The van der Waals surface area contributed by atoms with E-state index >= 15 is 0 Å². The Kier molecular flexibility index (Phi) is 5.16. The Balaban J connectivity index is 1.80. The van der Waals surface area contributed by atoms with Crippen molar-refractivity contribution >= 4 is 33.1 Å². The largest absolute Gasteiger partial charge is 0.397 e. The first-order valence-electron chi connectivity index (χ1n) is 8.67. The molecular weight excluding hydrogens is 306 g/mol. The number of rotatable bonds is 4. The Bertz CT molecular complexity index is 687. The smallest absolute Gasteiger partial charge is 0.263 e. The number of carbonyl (C=O) groups is 1. The third kappa shape index (κ3) is 3.66. The van der Waals surface area contributed by atoms with Crippen molar-refractivity contribution in [1.82, 2.24) is 10.3 Å². The van der Waals surface area contributed by atoms with Gasteiger partial charge in [-0.3, -0.25) is 4.79 Å². The summed E-state index contributed by atoms with van der Waals surface area (Å²) < 4.78 is 0. The number of thiophene rings is 1. The molecule has 1 aliphatic rings. The zero-order chi connectivity index (χ0) is 16.2. The van der Waals surface area contributed by atoms with Crippen LogP contribution in [0.25, 0.3) is 10.2 Å². The van der Waals surface area contributed by atoms with Crippen molar-refractivity contribution < 1.29 is 4.79 Å². The highest BCUT2D eigenvalue weighted by Crippen LogP contribution is 2.33. The van der Waals surface area contributed by atoms with E-state index in [9.17, 15) is 4.79 Å². The molecule has 3 rings (SSSR count). The number of pyridine rings is 1. The van der Waals surface area contributed by atoms with Crippen LogP contribution in [0.5, 0.6) is 0 Å². The maximum Gasteiger partial charge on any atom is 0.263 e. The highest BCUT2D eigenvalue weighted by molar-refractivity contribution is 7.21. The van der Waals surface area contributed by atoms with E-state index in [-0.39, 0.29) is 5.91 Å². The second-order valence-corrected chi connectivity index (χ2v) is 7.41. The summed E-state index contributed by atoms with van der Waals surface area (Å²) >= 11 is 1.42. The molecule has 0 radical (unpaired) electrons. The van der Waals surface area contributed by atoms with E-state index in [4.69, 9.17) is 5.73 Å². The Labute approximate surface area is 141 Å². The molecule has 1 aliphatic carbocycles. The van der Waals surface area contributed by atoms with E-state index in [0.29, 0.717) is 16.6 Å². The minimum Gasteiger partial charge on any atom is -0.397 e. The van der Waals surface area contributed by atoms with Gasteiger partial charge in [0.15, 0.2) is 0 Å². The van der Waals surface area contributed by atoms with Gasteiger partial charge in [-0.1, -0.05) is 39.0 Å². The fourth-order valence-corrected chi connectivity index (χ4v) is 4.29. The van der Waals surface area contributed by atoms with Gasteiger partial charge >= 0.3 is 0 Å². The number of fused-ring (bicyclic) bond motifs is 1. The van der Waals surface area contributed by atoms with Crippen molar-refractivity contribution in [2.24, 2.45) is 0 Å². The van der Waals surface area contributed by atoms with E-state index in [2.05, 4.69) is 17.2 Å². The number of nitrogen functional groups attached to an aromatic ring is 1. The number of hydrogen-bond donors (Lipinski definition) is 2. The number of anilines is 1. The minimum absolute atomic E-state index is 0.0329. The van der Waals surface area contributed by atoms with Crippen molar-refractivity contribution in [2.45, 2.75) is 64.3 Å². The second kappa shape index (κ2) is 7.30. The van der Waals surface area contributed by atoms with Crippen LogP contribution in [-0.2, 0) is 6.42 Å². The maximum absolute atomic E-state index is 12.6. The number of nitrogens with one attached hydrogen (secondary N) is 1. The van der Waals surface area contributed by atoms with Crippen molar-refractivity contribution in [3.63, 3.8) is 0 Å². The van der Waals surface area contributed by atoms with Crippen LogP contribution in [0.3, 0.4) is 0 Å². The molecule has 1 amide bonds. The van der Waals surface area contributed by atoms with Gasteiger partial charge in [-0.2, -0.15) is 0 Å². The van der Waals surface area contributed by atoms with Crippen LogP contribution in [0.2, 0.25) is 0 Å². The summed E-state index contributed by atoms with van der Waals surface area (Å²) in [5, 5.41) is 4.08. The molecule has 2 heterocycles. The number of nitrogens with two attached hydrogens (primary N) is 1. The molecule has 1 fully saturated rings. The SMILES string of the molecule is CCCc1ccc2c(N)c(C(=O)NC3CCCCCC3)sc2n1. The van der Waals surface area contributed by atoms with Crippen LogP contribution in [0.4, 0.5) is 5.69 Å². The van der Waals surface area contributed by atoms with Crippen LogP contribution in [-0.4, -0.2) is 16.9 Å². The molecule has 0 aromatic carbocycles. The van der Waals surface area contributed by atoms with Gasteiger partial charge in [0.25, 0.3) is 5.91 Å². The third-order valence-electron chi connectivity index (χ3n) is 4.55. The number of carbonyl (C=O) groups excluding carboxylic acids is 1. The quantitative estimate of drug-likeness (QED) is 0.822. The second-order valence-electron chi connectivity index (χ2n) is 6.41. The fourth-order valence-electron chi connectivity index (χ4n) is 3.27. The first-order valence-corrected chi connectivity index (χ1v) is 9.49. The van der Waals surface area contributed by atoms with Crippen molar-refractivity contribution in [2.75, 3.05) is 5.73 Å². The first kappa shape index (κ1) is 16.2. The zero-order valence-electron chi connectivity index (χ0n) is 13.7. The summed E-state index contributed by atoms with van der Waals surface area (Å²) in [7, 11) is 0. The molecule has 0 spiro atoms. The Morgan fingerprint density at radius 1 is 1.30 bits per heavy atom. The topological polar surface area (TPSA) is 68.0 Å². The molecule has 0 unspecified atom stereocenters. The number of aryl methyl sites for hydroxylation is 1. The average Bonchev–Trinajstić information content (AvgIpc) is 2.72. The minimum atomic E-state index is -0.0329. The fraction of sp³-hybridized carbons (Fsp3) is 0.556. The summed E-state index contributed by atoms with van der Waals surface area (Å²) in [6.45, 7) is 2.14. The Morgan fingerprint density at radius 2 is 2.04 bits per heavy atom. The zero-order valence-corrected chi connectivity index (χ0v) is 14.5. The predicted molar refractivity (Wildman–Crippen MR) is 97.0 cm³/mol. The van der Waals surface area contributed by atoms with Crippen LogP contribution < -0.4 is 11.1 Å². The number of hydrogen-bond acceptors (Lipinski definition) is 4. The lowest BCUT2D eigenvalue weighted by Crippen LogP contribution is -2.34. The molecule has 23 heavy (non-hydrogen) atoms. The van der Waals surface area contributed by atoms with Crippen LogP contribution in [0.15, 0.2) is 12.1 Å². The molecule has 4 nitrogen and oxygen atoms in total. The van der Waals surface area contributed by atoms with Crippen molar-refractivity contribution in [3.8, 4) is 0 Å². The number of amides is 1. The van der Waals surface area contributed by atoms with Gasteiger partial charge in [0.05, 0.1) is 5.69 Å². The Hall–Kier alpha value is -1.62. The lowest BCUT2D eigenvalue weighted by atomic mass is 10.1. The van der Waals surface area contributed by atoms with E-state index in [1.54, 1.807) is 0 Å². The van der Waals surface area contributed by atoms with Gasteiger partial charge in [0, 0.05) is 17.1 Å². The molecule has 0 saturated heterocycles. The van der Waals surface area contributed by atoms with Gasteiger partial charge in [-0.25, -0.2) is 4.98 Å². The van der Waals surface area contributed by atoms with Crippen molar-refractivity contribution in [1.29, 1.82) is 0 Å². The number of nitrogens with zero attached hydrogens (tertiary/aromatic N) is 1. The molecular formula is C18H25N3OS. The summed E-state index contributed by atoms with van der Waals surface area (Å²) in [5.74, 6) is -0.0329. The summed E-state index contributed by atoms with van der Waals surface area (Å²) in [4.78, 5) is 18.8. The van der Waals surface area contributed by atoms with Crippen LogP contribution >= 0.6 is 11.3 Å². The van der Waals surface area contributed by atoms with E-state index in [1.807, 2.05) is 12.1 Å². The third-order valence-corrected chi connectivity index (χ3v) is 5.67. The van der Waals surface area contributed by atoms with Crippen LogP contribution in [0, 0.1) is 0 Å². The van der Waals surface area contributed by atoms with Gasteiger partial charge in [0.1, 0.15) is 9.71 Å². The monoisotopic (exact) mass is 331 g/mol. The van der Waals surface area contributed by atoms with Gasteiger partial charge < -0.3 is 11.1 Å². The number of aromatic nitrogens is 1. The predicted octanol–water partition coefficient (Wildman–Crippen LogP) is 4.28. The summed E-state index contributed by atoms with van der Waals surface area (Å²) in [5.41, 5.74) is 7.85. The first-order chi connectivity index (χ1) is 11.2. The van der Waals surface area contributed by atoms with Crippen LogP contribution in [0.1, 0.15) is 67.2 Å². The van der Waals surface area contributed by atoms with Gasteiger partial charge in [0.2, 0.25) is 0 Å². The molecule has 2 aromatic heterocycles. The van der Waals surface area contributed by atoms with Crippen molar-refractivity contribution in [3.05, 3.63) is 22.7 Å². The van der Waals surface area contributed by atoms with E-state index in [1.165, 1.54) is 37.0 Å². The normalized spacial score (nSPS) is 16.4. The highest BCUT2D eigenvalue weighted by atomic mass is 32.1. The molecule has 5 heteroatoms. The summed E-state index contributed by atoms with van der Waals surface area (Å²) in [6, 6.07) is 4.31. The summed E-state index contributed by atoms with van der Waals surface area (Å²) in [6.07, 6.45) is 9.14. The molecule has 1 saturated carbocycles. The maximum atomic E-state index is 12.6. The average molecular weight is 331 g/mol. The Morgan fingerprint density at radius 3 is 2.74 bits per heavy atom. The standard InChI is InChI=1S/C18H25N3OS/c1-2-7-12-10-11-14-15(19)16(23-18(14)21-12)17(22)20-13-8-5-3-4-6-9-13/h10-11,13H,2-9,19H2,1H3,(H,20,22). The molecule has 0 aliphatic heterocycles. The molecule has 2 aromatic rings. The lowest BCUT2D eigenvalue weighted by Gasteiger charge is -2.15. The molecule has 3 N–H and O–H groups in total.